The molecule has 27 heavy (non-hydrogen) atoms. The topological polar surface area (TPSA) is 103 Å². The van der Waals surface area contributed by atoms with E-state index in [-0.39, 0.29) is 17.5 Å². The number of nitrogens with two attached hydrogens (primary N) is 1. The minimum Gasteiger partial charge on any atom is -0.461 e. The van der Waals surface area contributed by atoms with Crippen molar-refractivity contribution in [3.8, 4) is 11.6 Å². The van der Waals surface area contributed by atoms with Gasteiger partial charge in [-0.25, -0.2) is 9.97 Å². The van der Waals surface area contributed by atoms with Crippen LogP contribution in [0.1, 0.15) is 21.6 Å². The van der Waals surface area contributed by atoms with Gasteiger partial charge in [-0.3, -0.25) is 4.79 Å². The average Bonchev–Trinajstić information content (AvgIpc) is 3.36. The third kappa shape index (κ3) is 2.62. The van der Waals surface area contributed by atoms with Crippen LogP contribution >= 0.6 is 0 Å². The van der Waals surface area contributed by atoms with Crippen molar-refractivity contribution in [2.24, 2.45) is 0 Å². The Morgan fingerprint density at radius 3 is 2.78 bits per heavy atom. The summed E-state index contributed by atoms with van der Waals surface area (Å²) in [6.45, 7) is 1.21. The van der Waals surface area contributed by atoms with E-state index in [0.717, 1.165) is 12.0 Å². The summed E-state index contributed by atoms with van der Waals surface area (Å²) in [5.74, 6) is 0.864. The lowest BCUT2D eigenvalue weighted by Gasteiger charge is -2.28. The van der Waals surface area contributed by atoms with E-state index in [2.05, 4.69) is 21.1 Å². The standard InChI is InChI=1S/C19H16N6O2/c20-19-21-14(10-16-22-17(23-25(16)19)15-6-3-9-27-15)18(26)24-8-7-12-4-1-2-5-13(12)11-24/h1-6,9-10H,7-8,11H2,(H2,20,21). The highest BCUT2D eigenvalue weighted by Gasteiger charge is 2.24. The molecule has 134 valence electrons. The zero-order valence-corrected chi connectivity index (χ0v) is 14.4. The van der Waals surface area contributed by atoms with Gasteiger partial charge in [0.05, 0.1) is 6.26 Å². The minimum absolute atomic E-state index is 0.110. The number of amides is 1. The Balaban J connectivity index is 1.49. The van der Waals surface area contributed by atoms with Crippen LogP contribution in [0.4, 0.5) is 5.95 Å². The fraction of sp³-hybridized carbons (Fsp3) is 0.158. The van der Waals surface area contributed by atoms with Gasteiger partial charge in [-0.05, 0) is 29.7 Å². The molecule has 4 heterocycles. The molecule has 1 aliphatic rings. The zero-order valence-electron chi connectivity index (χ0n) is 14.4. The highest BCUT2D eigenvalue weighted by atomic mass is 16.3. The smallest absolute Gasteiger partial charge is 0.273 e. The molecule has 3 aromatic heterocycles. The molecule has 1 aromatic carbocycles. The second-order valence-electron chi connectivity index (χ2n) is 6.43. The van der Waals surface area contributed by atoms with Gasteiger partial charge in [-0.2, -0.15) is 4.52 Å². The molecule has 8 nitrogen and oxygen atoms in total. The summed E-state index contributed by atoms with van der Waals surface area (Å²) in [6.07, 6.45) is 2.37. The third-order valence-corrected chi connectivity index (χ3v) is 4.73. The summed E-state index contributed by atoms with van der Waals surface area (Å²) in [6, 6.07) is 13.3. The molecule has 1 aliphatic heterocycles. The van der Waals surface area contributed by atoms with Crippen LogP contribution in [0.25, 0.3) is 17.2 Å². The van der Waals surface area contributed by atoms with E-state index < -0.39 is 0 Å². The van der Waals surface area contributed by atoms with Gasteiger partial charge in [0.15, 0.2) is 11.4 Å². The average molecular weight is 360 g/mol. The lowest BCUT2D eigenvalue weighted by atomic mass is 10.00. The number of aromatic nitrogens is 4. The number of hydrogen-bond acceptors (Lipinski definition) is 6. The number of rotatable bonds is 2. The van der Waals surface area contributed by atoms with Gasteiger partial charge in [-0.1, -0.05) is 24.3 Å². The summed E-state index contributed by atoms with van der Waals surface area (Å²) in [5.41, 5.74) is 9.17. The molecule has 8 heteroatoms. The summed E-state index contributed by atoms with van der Waals surface area (Å²) in [5, 5.41) is 4.30. The van der Waals surface area contributed by atoms with Crippen molar-refractivity contribution in [2.75, 3.05) is 12.3 Å². The van der Waals surface area contributed by atoms with Crippen LogP contribution in [0.5, 0.6) is 0 Å². The Labute approximate surface area is 154 Å². The van der Waals surface area contributed by atoms with Crippen molar-refractivity contribution in [1.82, 2.24) is 24.5 Å². The van der Waals surface area contributed by atoms with Gasteiger partial charge in [0.25, 0.3) is 5.91 Å². The zero-order chi connectivity index (χ0) is 18.4. The molecule has 2 N–H and O–H groups in total. The van der Waals surface area contributed by atoms with Crippen LogP contribution < -0.4 is 5.73 Å². The molecule has 0 spiro atoms. The van der Waals surface area contributed by atoms with Crippen molar-refractivity contribution >= 4 is 17.5 Å². The molecular weight excluding hydrogens is 344 g/mol. The lowest BCUT2D eigenvalue weighted by Crippen LogP contribution is -2.36. The number of benzene rings is 1. The van der Waals surface area contributed by atoms with E-state index >= 15 is 0 Å². The SMILES string of the molecule is Nc1nc(C(=O)N2CCc3ccccc3C2)cc2nc(-c3ccco3)nn12. The first-order chi connectivity index (χ1) is 13.2. The lowest BCUT2D eigenvalue weighted by molar-refractivity contribution is 0.0729. The number of carbonyl (C=O) groups excluding carboxylic acids is 1. The van der Waals surface area contributed by atoms with Gasteiger partial charge >= 0.3 is 0 Å². The van der Waals surface area contributed by atoms with E-state index in [1.807, 2.05) is 18.2 Å². The molecule has 0 saturated carbocycles. The van der Waals surface area contributed by atoms with Crippen molar-refractivity contribution in [3.63, 3.8) is 0 Å². The summed E-state index contributed by atoms with van der Waals surface area (Å²) in [7, 11) is 0. The fourth-order valence-corrected chi connectivity index (χ4v) is 3.36. The number of hydrogen-bond donors (Lipinski definition) is 1. The van der Waals surface area contributed by atoms with Gasteiger partial charge in [0.1, 0.15) is 5.69 Å². The Hall–Kier alpha value is -3.68. The predicted octanol–water partition coefficient (Wildman–Crippen LogP) is 2.17. The van der Waals surface area contributed by atoms with E-state index in [4.69, 9.17) is 10.2 Å². The molecule has 0 bridgehead atoms. The number of carbonyl (C=O) groups is 1. The molecule has 4 aromatic rings. The fourth-order valence-electron chi connectivity index (χ4n) is 3.36. The van der Waals surface area contributed by atoms with Crippen LogP contribution in [0.15, 0.2) is 53.1 Å². The first kappa shape index (κ1) is 15.6. The second-order valence-corrected chi connectivity index (χ2v) is 6.43. The highest BCUT2D eigenvalue weighted by molar-refractivity contribution is 5.93. The first-order valence-electron chi connectivity index (χ1n) is 8.62. The van der Waals surface area contributed by atoms with Crippen LogP contribution in [0, 0.1) is 0 Å². The molecule has 0 saturated heterocycles. The van der Waals surface area contributed by atoms with Gasteiger partial charge < -0.3 is 15.1 Å². The second kappa shape index (κ2) is 5.94. The number of anilines is 1. The van der Waals surface area contributed by atoms with Crippen LogP contribution in [-0.2, 0) is 13.0 Å². The summed E-state index contributed by atoms with van der Waals surface area (Å²) in [4.78, 5) is 23.4. The number of furan rings is 1. The van der Waals surface area contributed by atoms with Crippen molar-refractivity contribution in [1.29, 1.82) is 0 Å². The quantitative estimate of drug-likeness (QED) is 0.588. The van der Waals surface area contributed by atoms with Crippen LogP contribution in [-0.4, -0.2) is 36.9 Å². The van der Waals surface area contributed by atoms with E-state index in [9.17, 15) is 4.79 Å². The maximum atomic E-state index is 13.0. The van der Waals surface area contributed by atoms with E-state index in [1.54, 1.807) is 29.4 Å². The van der Waals surface area contributed by atoms with Gasteiger partial charge in [0.2, 0.25) is 11.8 Å². The largest absolute Gasteiger partial charge is 0.461 e. The Kier molecular flexibility index (Phi) is 3.43. The van der Waals surface area contributed by atoms with Gasteiger partial charge in [0, 0.05) is 19.2 Å². The first-order valence-corrected chi connectivity index (χ1v) is 8.62. The Morgan fingerprint density at radius 2 is 1.96 bits per heavy atom. The van der Waals surface area contributed by atoms with Crippen molar-refractivity contribution in [3.05, 3.63) is 65.5 Å². The van der Waals surface area contributed by atoms with E-state index in [0.29, 0.717) is 30.3 Å². The summed E-state index contributed by atoms with van der Waals surface area (Å²) < 4.78 is 6.72. The normalized spacial score (nSPS) is 13.7. The molecule has 0 aliphatic carbocycles. The minimum atomic E-state index is -0.166. The number of fused-ring (bicyclic) bond motifs is 2. The van der Waals surface area contributed by atoms with Crippen molar-refractivity contribution < 1.29 is 9.21 Å². The molecule has 0 fully saturated rings. The van der Waals surface area contributed by atoms with Crippen molar-refractivity contribution in [2.45, 2.75) is 13.0 Å². The maximum Gasteiger partial charge on any atom is 0.273 e. The molecular formula is C19H16N6O2. The van der Waals surface area contributed by atoms with Crippen LogP contribution in [0.2, 0.25) is 0 Å². The van der Waals surface area contributed by atoms with E-state index in [1.165, 1.54) is 10.1 Å². The monoisotopic (exact) mass is 360 g/mol. The number of nitrogens with zero attached hydrogens (tertiary/aromatic N) is 5. The molecule has 0 atom stereocenters. The molecule has 0 radical (unpaired) electrons. The molecule has 5 rings (SSSR count). The Morgan fingerprint density at radius 1 is 1.11 bits per heavy atom. The molecule has 1 amide bonds. The predicted molar refractivity (Wildman–Crippen MR) is 97.8 cm³/mol. The highest BCUT2D eigenvalue weighted by Crippen LogP contribution is 2.22. The van der Waals surface area contributed by atoms with Gasteiger partial charge in [-0.15, -0.1) is 5.10 Å². The molecule has 0 unspecified atom stereocenters. The number of nitrogen functional groups attached to an aromatic ring is 1. The van der Waals surface area contributed by atoms with Crippen LogP contribution in [0.3, 0.4) is 0 Å². The maximum absolute atomic E-state index is 13.0. The third-order valence-electron chi connectivity index (χ3n) is 4.73. The summed E-state index contributed by atoms with van der Waals surface area (Å²) >= 11 is 0. The Bertz CT molecular complexity index is 1150.